The fraction of sp³-hybridized carbons (Fsp3) is 0.125. The molecule has 0 atom stereocenters. The standard InChI is InChI=1S/C16H10F3NO2S/c1-22-15(21)13-7-6-12(8-14(13)16(17,18)19)23-11-4-2-10(9-20)3-5-11/h2-8H,1H3. The van der Waals surface area contributed by atoms with Crippen LogP contribution in [0.2, 0.25) is 0 Å². The van der Waals surface area contributed by atoms with Crippen LogP contribution in [0.25, 0.3) is 0 Å². The largest absolute Gasteiger partial charge is 0.465 e. The molecule has 0 unspecified atom stereocenters. The van der Waals surface area contributed by atoms with E-state index in [2.05, 4.69) is 4.74 Å². The van der Waals surface area contributed by atoms with Gasteiger partial charge in [0, 0.05) is 9.79 Å². The highest BCUT2D eigenvalue weighted by molar-refractivity contribution is 7.99. The van der Waals surface area contributed by atoms with E-state index in [-0.39, 0.29) is 0 Å². The smallest absolute Gasteiger partial charge is 0.417 e. The van der Waals surface area contributed by atoms with Crippen LogP contribution in [-0.4, -0.2) is 13.1 Å². The number of alkyl halides is 3. The molecule has 2 aromatic rings. The van der Waals surface area contributed by atoms with Gasteiger partial charge < -0.3 is 4.74 Å². The number of methoxy groups -OCH3 is 1. The first kappa shape index (κ1) is 16.9. The number of carbonyl (C=O) groups is 1. The second-order valence-corrected chi connectivity index (χ2v) is 5.58. The number of carbonyl (C=O) groups excluding carboxylic acids is 1. The molecule has 23 heavy (non-hydrogen) atoms. The minimum atomic E-state index is -4.66. The maximum atomic E-state index is 13.1. The summed E-state index contributed by atoms with van der Waals surface area (Å²) in [5.74, 6) is -1.03. The zero-order valence-corrected chi connectivity index (χ0v) is 12.7. The van der Waals surface area contributed by atoms with Crippen LogP contribution in [0.5, 0.6) is 0 Å². The Morgan fingerprint density at radius 1 is 1.13 bits per heavy atom. The summed E-state index contributed by atoms with van der Waals surface area (Å²) in [5.41, 5.74) is -1.10. The Hall–Kier alpha value is -2.46. The molecule has 0 fully saturated rings. The van der Waals surface area contributed by atoms with Crippen LogP contribution in [0.3, 0.4) is 0 Å². The highest BCUT2D eigenvalue weighted by Gasteiger charge is 2.35. The number of halogens is 3. The summed E-state index contributed by atoms with van der Waals surface area (Å²) in [4.78, 5) is 12.5. The van der Waals surface area contributed by atoms with Crippen molar-refractivity contribution in [1.82, 2.24) is 0 Å². The van der Waals surface area contributed by atoms with Crippen molar-refractivity contribution in [2.24, 2.45) is 0 Å². The predicted octanol–water partition coefficient (Wildman–Crippen LogP) is 4.51. The number of hydrogen-bond donors (Lipinski definition) is 0. The molecule has 0 saturated carbocycles. The van der Waals surface area contributed by atoms with E-state index in [4.69, 9.17) is 5.26 Å². The zero-order valence-electron chi connectivity index (χ0n) is 11.8. The summed E-state index contributed by atoms with van der Waals surface area (Å²) < 4.78 is 43.7. The molecule has 0 aliphatic carbocycles. The molecule has 118 valence electrons. The van der Waals surface area contributed by atoms with Gasteiger partial charge in [0.1, 0.15) is 0 Å². The molecule has 0 aliphatic rings. The average Bonchev–Trinajstić information content (AvgIpc) is 2.54. The molecule has 0 saturated heterocycles. The number of nitrogens with zero attached hydrogens (tertiary/aromatic N) is 1. The Bertz CT molecular complexity index is 764. The van der Waals surface area contributed by atoms with E-state index in [1.165, 1.54) is 6.07 Å². The first-order valence-corrected chi connectivity index (χ1v) is 7.14. The fourth-order valence-electron chi connectivity index (χ4n) is 1.84. The van der Waals surface area contributed by atoms with Crippen LogP contribution in [0.1, 0.15) is 21.5 Å². The molecule has 2 aromatic carbocycles. The molecule has 3 nitrogen and oxygen atoms in total. The van der Waals surface area contributed by atoms with E-state index in [9.17, 15) is 18.0 Å². The Morgan fingerprint density at radius 3 is 2.26 bits per heavy atom. The molecule has 7 heteroatoms. The van der Waals surface area contributed by atoms with Crippen molar-refractivity contribution in [2.45, 2.75) is 16.0 Å². The van der Waals surface area contributed by atoms with Gasteiger partial charge in [-0.05, 0) is 42.5 Å². The van der Waals surface area contributed by atoms with Crippen LogP contribution in [0.4, 0.5) is 13.2 Å². The highest BCUT2D eigenvalue weighted by atomic mass is 32.2. The third-order valence-corrected chi connectivity index (χ3v) is 3.92. The third kappa shape index (κ3) is 4.05. The van der Waals surface area contributed by atoms with Gasteiger partial charge in [-0.2, -0.15) is 18.4 Å². The third-order valence-electron chi connectivity index (χ3n) is 2.92. The molecule has 0 amide bonds. The minimum Gasteiger partial charge on any atom is -0.465 e. The van der Waals surface area contributed by atoms with Crippen LogP contribution < -0.4 is 0 Å². The average molecular weight is 337 g/mol. The van der Waals surface area contributed by atoms with Crippen molar-refractivity contribution in [3.8, 4) is 6.07 Å². The predicted molar refractivity (Wildman–Crippen MR) is 78.1 cm³/mol. The number of ether oxygens (including phenoxy) is 1. The van der Waals surface area contributed by atoms with Gasteiger partial charge in [-0.3, -0.25) is 0 Å². The summed E-state index contributed by atoms with van der Waals surface area (Å²) in [6, 6.07) is 11.8. The van der Waals surface area contributed by atoms with Gasteiger partial charge >= 0.3 is 12.1 Å². The second-order valence-electron chi connectivity index (χ2n) is 4.43. The first-order valence-electron chi connectivity index (χ1n) is 6.32. The van der Waals surface area contributed by atoms with Crippen molar-refractivity contribution in [2.75, 3.05) is 7.11 Å². The molecule has 0 aromatic heterocycles. The molecule has 0 spiro atoms. The van der Waals surface area contributed by atoms with Gasteiger partial charge in [0.25, 0.3) is 0 Å². The molecule has 2 rings (SSSR count). The summed E-state index contributed by atoms with van der Waals surface area (Å²) >= 11 is 1.10. The number of nitriles is 1. The van der Waals surface area contributed by atoms with E-state index in [1.807, 2.05) is 6.07 Å². The quantitative estimate of drug-likeness (QED) is 0.773. The summed E-state index contributed by atoms with van der Waals surface area (Å²) in [7, 11) is 1.03. The zero-order chi connectivity index (χ0) is 17.0. The van der Waals surface area contributed by atoms with Crippen LogP contribution in [0.15, 0.2) is 52.3 Å². The van der Waals surface area contributed by atoms with Gasteiger partial charge in [0.05, 0.1) is 29.9 Å². The Morgan fingerprint density at radius 2 is 1.74 bits per heavy atom. The van der Waals surface area contributed by atoms with Crippen LogP contribution >= 0.6 is 11.8 Å². The number of rotatable bonds is 3. The van der Waals surface area contributed by atoms with Crippen LogP contribution in [0, 0.1) is 11.3 Å². The topological polar surface area (TPSA) is 50.1 Å². The van der Waals surface area contributed by atoms with Crippen molar-refractivity contribution < 1.29 is 22.7 Å². The second kappa shape index (κ2) is 6.75. The fourth-order valence-corrected chi connectivity index (χ4v) is 2.70. The van der Waals surface area contributed by atoms with Gasteiger partial charge in [-0.25, -0.2) is 4.79 Å². The SMILES string of the molecule is COC(=O)c1ccc(Sc2ccc(C#N)cc2)cc1C(F)(F)F. The Balaban J connectivity index is 2.37. The van der Waals surface area contributed by atoms with Crippen molar-refractivity contribution in [3.63, 3.8) is 0 Å². The molecular weight excluding hydrogens is 327 g/mol. The van der Waals surface area contributed by atoms with Crippen molar-refractivity contribution in [1.29, 1.82) is 5.26 Å². The molecule has 0 heterocycles. The van der Waals surface area contributed by atoms with E-state index in [0.29, 0.717) is 15.4 Å². The monoisotopic (exact) mass is 337 g/mol. The van der Waals surface area contributed by atoms with E-state index in [0.717, 1.165) is 31.0 Å². The van der Waals surface area contributed by atoms with Gasteiger partial charge in [0.2, 0.25) is 0 Å². The van der Waals surface area contributed by atoms with E-state index in [1.54, 1.807) is 24.3 Å². The van der Waals surface area contributed by atoms with Crippen LogP contribution in [-0.2, 0) is 10.9 Å². The molecular formula is C16H10F3NO2S. The lowest BCUT2D eigenvalue weighted by Crippen LogP contribution is -2.14. The van der Waals surface area contributed by atoms with Gasteiger partial charge in [0.15, 0.2) is 0 Å². The molecule has 0 aliphatic heterocycles. The summed E-state index contributed by atoms with van der Waals surface area (Å²) in [6.45, 7) is 0. The lowest BCUT2D eigenvalue weighted by atomic mass is 10.1. The van der Waals surface area contributed by atoms with E-state index >= 15 is 0 Å². The van der Waals surface area contributed by atoms with Crippen molar-refractivity contribution >= 4 is 17.7 Å². The molecule has 0 N–H and O–H groups in total. The molecule has 0 bridgehead atoms. The lowest BCUT2D eigenvalue weighted by molar-refractivity contribution is -0.138. The molecule has 0 radical (unpaired) electrons. The maximum Gasteiger partial charge on any atom is 0.417 e. The maximum absolute atomic E-state index is 13.1. The Labute approximate surface area is 134 Å². The summed E-state index contributed by atoms with van der Waals surface area (Å²) in [5, 5.41) is 8.72. The number of hydrogen-bond acceptors (Lipinski definition) is 4. The minimum absolute atomic E-state index is 0.328. The lowest BCUT2D eigenvalue weighted by Gasteiger charge is -2.13. The number of esters is 1. The summed E-state index contributed by atoms with van der Waals surface area (Å²) in [6.07, 6.45) is -4.66. The highest BCUT2D eigenvalue weighted by Crippen LogP contribution is 2.37. The van der Waals surface area contributed by atoms with Gasteiger partial charge in [-0.1, -0.05) is 11.8 Å². The van der Waals surface area contributed by atoms with Gasteiger partial charge in [-0.15, -0.1) is 0 Å². The number of benzene rings is 2. The van der Waals surface area contributed by atoms with Crippen molar-refractivity contribution in [3.05, 3.63) is 59.2 Å². The first-order chi connectivity index (χ1) is 10.8. The Kier molecular flexibility index (Phi) is 4.96. The normalized spacial score (nSPS) is 10.9. The van der Waals surface area contributed by atoms with E-state index < -0.39 is 23.3 Å².